The Hall–Kier alpha value is -2.18. The zero-order valence-electron chi connectivity index (χ0n) is 15.6. The van der Waals surface area contributed by atoms with Gasteiger partial charge < -0.3 is 14.6 Å². The van der Waals surface area contributed by atoms with E-state index in [0.717, 1.165) is 32.4 Å². The molecule has 0 saturated carbocycles. The first-order valence-corrected chi connectivity index (χ1v) is 9.96. The first-order chi connectivity index (χ1) is 13.4. The summed E-state index contributed by atoms with van der Waals surface area (Å²) in [6.07, 6.45) is -7.60. The Morgan fingerprint density at radius 3 is 2.34 bits per heavy atom. The van der Waals surface area contributed by atoms with Crippen molar-refractivity contribution >= 4 is 22.0 Å². The molecule has 0 aliphatic carbocycles. The summed E-state index contributed by atoms with van der Waals surface area (Å²) in [5, 5.41) is 9.70. The van der Waals surface area contributed by atoms with E-state index < -0.39 is 50.7 Å². The van der Waals surface area contributed by atoms with Crippen molar-refractivity contribution < 1.29 is 45.8 Å². The number of aliphatic hydroxyl groups excluding tert-OH is 1. The molecule has 1 heterocycles. The van der Waals surface area contributed by atoms with Gasteiger partial charge >= 0.3 is 18.1 Å². The number of piperidine rings is 1. The summed E-state index contributed by atoms with van der Waals surface area (Å²) in [5.41, 5.74) is -0.672. The van der Waals surface area contributed by atoms with Gasteiger partial charge in [0.1, 0.15) is 0 Å². The SMILES string of the molecule is COC(=O)c1ccc(C(=O)OC)c(S(=O)(=O)N2CCCCC2C(O)C(F)(F)F)c1. The number of halogens is 3. The Labute approximate surface area is 165 Å². The van der Waals surface area contributed by atoms with E-state index in [1.54, 1.807) is 0 Å². The van der Waals surface area contributed by atoms with Crippen LogP contribution in [-0.2, 0) is 19.5 Å². The number of ether oxygens (including phenoxy) is 2. The van der Waals surface area contributed by atoms with Crippen molar-refractivity contribution in [3.8, 4) is 0 Å². The molecule has 8 nitrogen and oxygen atoms in total. The molecule has 12 heteroatoms. The van der Waals surface area contributed by atoms with E-state index in [0.29, 0.717) is 4.31 Å². The Balaban J connectivity index is 2.62. The van der Waals surface area contributed by atoms with Crippen LogP contribution in [0, 0.1) is 0 Å². The second-order valence-corrected chi connectivity index (χ2v) is 8.22. The number of aliphatic hydroxyl groups is 1. The normalized spacial score (nSPS) is 19.4. The fraction of sp³-hybridized carbons (Fsp3) is 0.529. The van der Waals surface area contributed by atoms with E-state index in [4.69, 9.17) is 0 Å². The summed E-state index contributed by atoms with van der Waals surface area (Å²) < 4.78 is 75.2. The van der Waals surface area contributed by atoms with Gasteiger partial charge in [-0.2, -0.15) is 17.5 Å². The van der Waals surface area contributed by atoms with Gasteiger partial charge in [0.2, 0.25) is 10.0 Å². The summed E-state index contributed by atoms with van der Waals surface area (Å²) in [5.74, 6) is -1.95. The fourth-order valence-electron chi connectivity index (χ4n) is 3.15. The number of methoxy groups -OCH3 is 2. The van der Waals surface area contributed by atoms with E-state index >= 15 is 0 Å². The lowest BCUT2D eigenvalue weighted by molar-refractivity contribution is -0.219. The van der Waals surface area contributed by atoms with Gasteiger partial charge in [0, 0.05) is 6.54 Å². The summed E-state index contributed by atoms with van der Waals surface area (Å²) in [6.45, 7) is -0.288. The standard InChI is InChI=1S/C17H20F3NO7S/c1-27-15(23)10-6-7-11(16(24)28-2)13(9-10)29(25,26)21-8-4-3-5-12(21)14(22)17(18,19)20/h6-7,9,12,14,22H,3-5,8H2,1-2H3. The lowest BCUT2D eigenvalue weighted by Gasteiger charge is -2.38. The number of carbonyl (C=O) groups excluding carboxylic acids is 2. The largest absolute Gasteiger partial charge is 0.465 e. The molecule has 2 rings (SSSR count). The molecule has 0 spiro atoms. The molecule has 0 aromatic heterocycles. The van der Waals surface area contributed by atoms with Gasteiger partial charge in [-0.15, -0.1) is 0 Å². The quantitative estimate of drug-likeness (QED) is 0.696. The smallest absolute Gasteiger partial charge is 0.415 e. The first kappa shape index (κ1) is 23.1. The van der Waals surface area contributed by atoms with E-state index in [1.165, 1.54) is 0 Å². The molecule has 1 aromatic rings. The number of benzene rings is 1. The highest BCUT2D eigenvalue weighted by molar-refractivity contribution is 7.89. The summed E-state index contributed by atoms with van der Waals surface area (Å²) in [7, 11) is -2.64. The Morgan fingerprint density at radius 1 is 1.17 bits per heavy atom. The maximum absolute atomic E-state index is 13.2. The maximum atomic E-state index is 13.2. The van der Waals surface area contributed by atoms with Crippen LogP contribution in [0.25, 0.3) is 0 Å². The van der Waals surface area contributed by atoms with E-state index in [9.17, 15) is 36.3 Å². The second-order valence-electron chi connectivity index (χ2n) is 6.36. The van der Waals surface area contributed by atoms with Crippen LogP contribution in [0.2, 0.25) is 0 Å². The molecule has 1 aliphatic rings. The molecule has 0 amide bonds. The third kappa shape index (κ3) is 4.70. The van der Waals surface area contributed by atoms with Crippen molar-refractivity contribution in [3.05, 3.63) is 29.3 Å². The molecule has 1 aromatic carbocycles. The Morgan fingerprint density at radius 2 is 1.79 bits per heavy atom. The van der Waals surface area contributed by atoms with Gasteiger partial charge in [0.05, 0.1) is 36.3 Å². The second kappa shape index (κ2) is 8.67. The van der Waals surface area contributed by atoms with Crippen LogP contribution >= 0.6 is 0 Å². The van der Waals surface area contributed by atoms with Crippen LogP contribution in [-0.4, -0.2) is 68.9 Å². The molecule has 1 N–H and O–H groups in total. The maximum Gasteiger partial charge on any atom is 0.415 e. The molecule has 0 radical (unpaired) electrons. The first-order valence-electron chi connectivity index (χ1n) is 8.52. The molecule has 2 unspecified atom stereocenters. The zero-order chi connectivity index (χ0) is 22.0. The monoisotopic (exact) mass is 439 g/mol. The van der Waals surface area contributed by atoms with E-state index in [2.05, 4.69) is 9.47 Å². The molecule has 1 fully saturated rings. The minimum Gasteiger partial charge on any atom is -0.465 e. The highest BCUT2D eigenvalue weighted by Crippen LogP contribution is 2.34. The van der Waals surface area contributed by atoms with Crippen LogP contribution in [0.5, 0.6) is 0 Å². The number of carbonyl (C=O) groups is 2. The summed E-state index contributed by atoms with van der Waals surface area (Å²) >= 11 is 0. The highest BCUT2D eigenvalue weighted by atomic mass is 32.2. The Bertz CT molecular complexity index is 886. The summed E-state index contributed by atoms with van der Waals surface area (Å²) in [4.78, 5) is 23.1. The number of nitrogens with zero attached hydrogens (tertiary/aromatic N) is 1. The van der Waals surface area contributed by atoms with Crippen LogP contribution in [0.15, 0.2) is 23.1 Å². The van der Waals surface area contributed by atoms with Crippen LogP contribution in [0.4, 0.5) is 13.2 Å². The number of alkyl halides is 3. The zero-order valence-corrected chi connectivity index (χ0v) is 16.4. The van der Waals surface area contributed by atoms with Gasteiger partial charge in [0.15, 0.2) is 6.10 Å². The van der Waals surface area contributed by atoms with Crippen LogP contribution in [0.3, 0.4) is 0 Å². The minimum absolute atomic E-state index is 0.218. The van der Waals surface area contributed by atoms with Crippen LogP contribution < -0.4 is 0 Å². The lowest BCUT2D eigenvalue weighted by Crippen LogP contribution is -2.54. The molecule has 1 aliphatic heterocycles. The average molecular weight is 439 g/mol. The summed E-state index contributed by atoms with van der Waals surface area (Å²) in [6, 6.07) is 1.24. The highest BCUT2D eigenvalue weighted by Gasteiger charge is 2.49. The van der Waals surface area contributed by atoms with Gasteiger partial charge in [0.25, 0.3) is 0 Å². The predicted octanol–water partition coefficient (Wildman–Crippen LogP) is 1.73. The van der Waals surface area contributed by atoms with Crippen molar-refractivity contribution in [2.45, 2.75) is 42.5 Å². The van der Waals surface area contributed by atoms with Gasteiger partial charge in [-0.25, -0.2) is 18.0 Å². The lowest BCUT2D eigenvalue weighted by atomic mass is 9.99. The molecule has 1 saturated heterocycles. The van der Waals surface area contributed by atoms with Crippen molar-refractivity contribution in [2.24, 2.45) is 0 Å². The van der Waals surface area contributed by atoms with E-state index in [1.807, 2.05) is 0 Å². The third-order valence-electron chi connectivity index (χ3n) is 4.59. The molecule has 2 atom stereocenters. The Kier molecular flexibility index (Phi) is 6.91. The van der Waals surface area contributed by atoms with Crippen molar-refractivity contribution in [1.29, 1.82) is 0 Å². The average Bonchev–Trinajstić information content (AvgIpc) is 2.70. The number of hydrogen-bond donors (Lipinski definition) is 1. The van der Waals surface area contributed by atoms with Gasteiger partial charge in [-0.3, -0.25) is 0 Å². The van der Waals surface area contributed by atoms with Crippen molar-refractivity contribution in [1.82, 2.24) is 4.31 Å². The molecule has 29 heavy (non-hydrogen) atoms. The topological polar surface area (TPSA) is 110 Å². The van der Waals surface area contributed by atoms with Crippen LogP contribution in [0.1, 0.15) is 40.0 Å². The van der Waals surface area contributed by atoms with Gasteiger partial charge in [-0.1, -0.05) is 6.42 Å². The molecular weight excluding hydrogens is 419 g/mol. The predicted molar refractivity (Wildman–Crippen MR) is 92.7 cm³/mol. The molecule has 0 bridgehead atoms. The third-order valence-corrected chi connectivity index (χ3v) is 6.56. The molecular formula is C17H20F3NO7S. The fourth-order valence-corrected chi connectivity index (χ4v) is 5.05. The van der Waals surface area contributed by atoms with Crippen molar-refractivity contribution in [3.63, 3.8) is 0 Å². The number of sulfonamides is 1. The van der Waals surface area contributed by atoms with E-state index in [-0.39, 0.29) is 31.4 Å². The number of hydrogen-bond acceptors (Lipinski definition) is 7. The van der Waals surface area contributed by atoms with Crippen molar-refractivity contribution in [2.75, 3.05) is 20.8 Å². The minimum atomic E-state index is -5.03. The van der Waals surface area contributed by atoms with Gasteiger partial charge in [-0.05, 0) is 31.0 Å². The molecule has 162 valence electrons. The number of esters is 2. The number of rotatable bonds is 5.